The van der Waals surface area contributed by atoms with Crippen LogP contribution in [-0.2, 0) is 0 Å². The van der Waals surface area contributed by atoms with Crippen molar-refractivity contribution in [2.75, 3.05) is 0 Å². The highest BCUT2D eigenvalue weighted by molar-refractivity contribution is 5.13. The van der Waals surface area contributed by atoms with Crippen molar-refractivity contribution in [1.29, 1.82) is 0 Å². The molecule has 0 aliphatic heterocycles. The second kappa shape index (κ2) is 6.41. The largest absolute Gasteiger partial charge is 0.0844 e. The fraction of sp³-hybridized carbons (Fsp3) is 0.167. The van der Waals surface area contributed by atoms with Crippen LogP contribution in [-0.4, -0.2) is 0 Å². The van der Waals surface area contributed by atoms with Gasteiger partial charge in [0.15, 0.2) is 0 Å². The zero-order chi connectivity index (χ0) is 8.49. The molecule has 12 heavy (non-hydrogen) atoms. The van der Waals surface area contributed by atoms with E-state index in [1.165, 1.54) is 0 Å². The lowest BCUT2D eigenvalue weighted by atomic mass is 10.2. The molecule has 1 aliphatic carbocycles. The number of hydrogen-bond donors (Lipinski definition) is 0. The van der Waals surface area contributed by atoms with Gasteiger partial charge in [-0.1, -0.05) is 54.7 Å². The van der Waals surface area contributed by atoms with Gasteiger partial charge < -0.3 is 0 Å². The van der Waals surface area contributed by atoms with Gasteiger partial charge in [-0.2, -0.15) is 0 Å². The molecule has 0 fully saturated rings. The standard InChI is InChI=1S/C12H13/c1-2-4-6-8-10-12-11-9-7-5-3-1/h1-4,7-10,12H,5,11H2/b3-1-,4-2-,8-6?,9-7+,12-10-. The molecule has 0 heterocycles. The molecule has 0 unspecified atom stereocenters. The van der Waals surface area contributed by atoms with Crippen LogP contribution in [0.15, 0.2) is 54.7 Å². The molecule has 0 bridgehead atoms. The van der Waals surface area contributed by atoms with Crippen LogP contribution in [0, 0.1) is 6.08 Å². The maximum Gasteiger partial charge on any atom is -0.0166 e. The lowest BCUT2D eigenvalue weighted by Crippen LogP contribution is -1.62. The highest BCUT2D eigenvalue weighted by Gasteiger charge is 1.72. The van der Waals surface area contributed by atoms with Crippen LogP contribution >= 0.6 is 0 Å². The normalized spacial score (nSPS) is 30.7. The maximum absolute atomic E-state index is 3.04. The fourth-order valence-corrected chi connectivity index (χ4v) is 0.876. The van der Waals surface area contributed by atoms with Gasteiger partial charge in [0, 0.05) is 0 Å². The van der Waals surface area contributed by atoms with Crippen LogP contribution in [0.5, 0.6) is 0 Å². The first-order chi connectivity index (χ1) is 6.00. The first-order valence-electron chi connectivity index (χ1n) is 4.21. The van der Waals surface area contributed by atoms with Gasteiger partial charge in [0.25, 0.3) is 0 Å². The predicted octanol–water partition coefficient (Wildman–Crippen LogP) is 3.36. The van der Waals surface area contributed by atoms with Gasteiger partial charge in [-0.15, -0.1) is 0 Å². The summed E-state index contributed by atoms with van der Waals surface area (Å²) in [5, 5.41) is 0. The highest BCUT2D eigenvalue weighted by Crippen LogP contribution is 1.93. The van der Waals surface area contributed by atoms with Gasteiger partial charge in [-0.05, 0) is 18.9 Å². The van der Waals surface area contributed by atoms with Crippen LogP contribution in [0.2, 0.25) is 0 Å². The highest BCUT2D eigenvalue weighted by atomic mass is 13.8. The molecule has 61 valence electrons. The zero-order valence-corrected chi connectivity index (χ0v) is 7.11. The van der Waals surface area contributed by atoms with Crippen LogP contribution in [0.4, 0.5) is 0 Å². The van der Waals surface area contributed by atoms with Crippen molar-refractivity contribution in [2.45, 2.75) is 12.8 Å². The molecule has 0 saturated carbocycles. The molecule has 0 amide bonds. The smallest absolute Gasteiger partial charge is 0.0166 e. The van der Waals surface area contributed by atoms with Gasteiger partial charge in [0.1, 0.15) is 0 Å². The van der Waals surface area contributed by atoms with Gasteiger partial charge in [0.2, 0.25) is 0 Å². The van der Waals surface area contributed by atoms with E-state index in [9.17, 15) is 0 Å². The van der Waals surface area contributed by atoms with E-state index in [-0.39, 0.29) is 0 Å². The Hall–Kier alpha value is -1.30. The monoisotopic (exact) mass is 157 g/mol. The van der Waals surface area contributed by atoms with Crippen molar-refractivity contribution in [3.63, 3.8) is 0 Å². The van der Waals surface area contributed by atoms with E-state index in [0.29, 0.717) is 0 Å². The van der Waals surface area contributed by atoms with Crippen LogP contribution < -0.4 is 0 Å². The van der Waals surface area contributed by atoms with Gasteiger partial charge in [-0.3, -0.25) is 0 Å². The van der Waals surface area contributed by atoms with E-state index in [4.69, 9.17) is 0 Å². The lowest BCUT2D eigenvalue weighted by molar-refractivity contribution is 1.31. The maximum atomic E-state index is 3.04. The van der Waals surface area contributed by atoms with Gasteiger partial charge >= 0.3 is 0 Å². The minimum Gasteiger partial charge on any atom is -0.0844 e. The Kier molecular flexibility index (Phi) is 4.70. The molecule has 1 aliphatic rings. The molecule has 0 N–H and O–H groups in total. The minimum absolute atomic E-state index is 1.01. The minimum atomic E-state index is 1.01. The summed E-state index contributed by atoms with van der Waals surface area (Å²) in [5.74, 6) is 0. The predicted molar refractivity (Wildman–Crippen MR) is 53.6 cm³/mol. The average molecular weight is 157 g/mol. The Morgan fingerprint density at radius 2 is 1.50 bits per heavy atom. The van der Waals surface area contributed by atoms with Crippen LogP contribution in [0.25, 0.3) is 0 Å². The van der Waals surface area contributed by atoms with Crippen molar-refractivity contribution >= 4 is 0 Å². The topological polar surface area (TPSA) is 0 Å². The van der Waals surface area contributed by atoms with E-state index >= 15 is 0 Å². The third-order valence-electron chi connectivity index (χ3n) is 1.48. The van der Waals surface area contributed by atoms with Crippen molar-refractivity contribution in [3.8, 4) is 0 Å². The molecule has 0 aromatic heterocycles. The number of hydrogen-bond acceptors (Lipinski definition) is 0. The summed E-state index contributed by atoms with van der Waals surface area (Å²) < 4.78 is 0. The number of allylic oxidation sites excluding steroid dienone is 10. The Bertz CT molecular complexity index is 211. The molecular formula is C12H13. The summed E-state index contributed by atoms with van der Waals surface area (Å²) in [4.78, 5) is 0. The van der Waals surface area contributed by atoms with E-state index in [2.05, 4.69) is 30.4 Å². The second-order valence-electron chi connectivity index (χ2n) is 2.49. The van der Waals surface area contributed by atoms with E-state index in [0.717, 1.165) is 12.8 Å². The average Bonchev–Trinajstić information content (AvgIpc) is 2.05. The van der Waals surface area contributed by atoms with Crippen molar-refractivity contribution in [2.24, 2.45) is 0 Å². The SMILES string of the molecule is [C]1=C/C=C\C/C=C/C/C=C\C=C/1. The van der Waals surface area contributed by atoms with E-state index in [1.807, 2.05) is 30.4 Å². The molecule has 0 aromatic carbocycles. The van der Waals surface area contributed by atoms with Gasteiger partial charge in [-0.25, -0.2) is 0 Å². The zero-order valence-electron chi connectivity index (χ0n) is 7.11. The van der Waals surface area contributed by atoms with Crippen molar-refractivity contribution < 1.29 is 0 Å². The fourth-order valence-electron chi connectivity index (χ4n) is 0.876. The summed E-state index contributed by atoms with van der Waals surface area (Å²) in [7, 11) is 0. The molecular weight excluding hydrogens is 144 g/mol. The Morgan fingerprint density at radius 3 is 2.33 bits per heavy atom. The van der Waals surface area contributed by atoms with Gasteiger partial charge in [0.05, 0.1) is 0 Å². The molecule has 0 spiro atoms. The van der Waals surface area contributed by atoms with Crippen molar-refractivity contribution in [3.05, 3.63) is 60.8 Å². The quantitative estimate of drug-likeness (QED) is 0.473. The summed E-state index contributed by atoms with van der Waals surface area (Å²) in [6, 6.07) is 0. The lowest BCUT2D eigenvalue weighted by Gasteiger charge is -1.83. The Morgan fingerprint density at radius 1 is 0.750 bits per heavy atom. The third kappa shape index (κ3) is 4.51. The Labute approximate surface area is 74.3 Å². The summed E-state index contributed by atoms with van der Waals surface area (Å²) in [6.45, 7) is 0. The molecule has 1 rings (SSSR count). The van der Waals surface area contributed by atoms with E-state index in [1.54, 1.807) is 0 Å². The molecule has 1 radical (unpaired) electrons. The molecule has 0 saturated heterocycles. The first kappa shape index (κ1) is 8.79. The molecule has 0 heteroatoms. The molecule has 0 nitrogen and oxygen atoms in total. The summed E-state index contributed by atoms with van der Waals surface area (Å²) in [6.07, 6.45) is 23.5. The first-order valence-corrected chi connectivity index (χ1v) is 4.21. The van der Waals surface area contributed by atoms with Crippen LogP contribution in [0.1, 0.15) is 12.8 Å². The molecule has 0 atom stereocenters. The van der Waals surface area contributed by atoms with Crippen molar-refractivity contribution in [1.82, 2.24) is 0 Å². The third-order valence-corrected chi connectivity index (χ3v) is 1.48. The summed E-state index contributed by atoms with van der Waals surface area (Å²) >= 11 is 0. The second-order valence-corrected chi connectivity index (χ2v) is 2.49. The summed E-state index contributed by atoms with van der Waals surface area (Å²) in [5.41, 5.74) is 0. The van der Waals surface area contributed by atoms with Crippen LogP contribution in [0.3, 0.4) is 0 Å². The van der Waals surface area contributed by atoms with E-state index < -0.39 is 0 Å². The number of rotatable bonds is 0. The Balaban J connectivity index is 2.55. The molecule has 0 aromatic rings.